The number of benzene rings is 1. The summed E-state index contributed by atoms with van der Waals surface area (Å²) in [5.74, 6) is -0.0582. The Morgan fingerprint density at radius 2 is 2.15 bits per heavy atom. The molecule has 3 nitrogen and oxygen atoms in total. The summed E-state index contributed by atoms with van der Waals surface area (Å²) >= 11 is 0. The minimum atomic E-state index is -0.363. The Morgan fingerprint density at radius 1 is 1.40 bits per heavy atom. The number of rotatable bonds is 6. The van der Waals surface area contributed by atoms with E-state index in [-0.39, 0.29) is 30.5 Å². The number of carbonyl (C=O) groups excluding carboxylic acids is 2. The van der Waals surface area contributed by atoms with Crippen LogP contribution in [0.4, 0.5) is 4.39 Å². The van der Waals surface area contributed by atoms with E-state index < -0.39 is 0 Å². The van der Waals surface area contributed by atoms with Gasteiger partial charge in [-0.1, -0.05) is 31.5 Å². The summed E-state index contributed by atoms with van der Waals surface area (Å²) in [5.41, 5.74) is 0.397. The van der Waals surface area contributed by atoms with Crippen LogP contribution >= 0.6 is 0 Å². The normalized spacial score (nSPS) is 18.6. The molecule has 1 atom stereocenters. The maximum Gasteiger partial charge on any atom is 0.223 e. The third-order valence-electron chi connectivity index (χ3n) is 3.70. The Bertz CT molecular complexity index is 501. The molecule has 0 aliphatic carbocycles. The fourth-order valence-corrected chi connectivity index (χ4v) is 2.73. The smallest absolute Gasteiger partial charge is 0.223 e. The first kappa shape index (κ1) is 14.7. The fourth-order valence-electron chi connectivity index (χ4n) is 2.73. The topological polar surface area (TPSA) is 37.4 Å². The van der Waals surface area contributed by atoms with E-state index in [1.54, 1.807) is 23.1 Å². The zero-order valence-corrected chi connectivity index (χ0v) is 11.8. The van der Waals surface area contributed by atoms with Crippen LogP contribution in [0.15, 0.2) is 24.3 Å². The lowest BCUT2D eigenvalue weighted by Gasteiger charge is -2.15. The lowest BCUT2D eigenvalue weighted by atomic mass is 10.0. The van der Waals surface area contributed by atoms with Crippen molar-refractivity contribution in [3.8, 4) is 0 Å². The van der Waals surface area contributed by atoms with E-state index in [9.17, 15) is 14.0 Å². The van der Waals surface area contributed by atoms with Crippen LogP contribution in [0.3, 0.4) is 0 Å². The standard InChI is InChI=1S/C16H20FNO2/c1-2-5-12-8-16(20)18(10-12)11-14(19)9-13-6-3-4-7-15(13)17/h3-4,6-7,12H,2,5,8-11H2,1H3. The molecule has 0 bridgehead atoms. The average molecular weight is 277 g/mol. The van der Waals surface area contributed by atoms with Gasteiger partial charge in [-0.2, -0.15) is 0 Å². The summed E-state index contributed by atoms with van der Waals surface area (Å²) in [6.45, 7) is 2.86. The molecule has 1 amide bonds. The molecule has 4 heteroatoms. The van der Waals surface area contributed by atoms with Crippen molar-refractivity contribution in [3.05, 3.63) is 35.6 Å². The number of carbonyl (C=O) groups is 2. The summed E-state index contributed by atoms with van der Waals surface area (Å²) in [4.78, 5) is 25.4. The van der Waals surface area contributed by atoms with Crippen LogP contribution < -0.4 is 0 Å². The Labute approximate surface area is 118 Å². The first-order valence-electron chi connectivity index (χ1n) is 7.13. The molecule has 0 spiro atoms. The average Bonchev–Trinajstić information content (AvgIpc) is 2.73. The number of hydrogen-bond donors (Lipinski definition) is 0. The van der Waals surface area contributed by atoms with Gasteiger partial charge in [-0.25, -0.2) is 4.39 Å². The minimum absolute atomic E-state index is 0.0466. The van der Waals surface area contributed by atoms with Gasteiger partial charge in [0, 0.05) is 19.4 Å². The quantitative estimate of drug-likeness (QED) is 0.801. The summed E-state index contributed by atoms with van der Waals surface area (Å²) in [5, 5.41) is 0. The second-order valence-corrected chi connectivity index (χ2v) is 5.44. The van der Waals surface area contributed by atoms with E-state index in [4.69, 9.17) is 0 Å². The fraction of sp³-hybridized carbons (Fsp3) is 0.500. The van der Waals surface area contributed by atoms with Crippen molar-refractivity contribution in [2.24, 2.45) is 5.92 Å². The van der Waals surface area contributed by atoms with Gasteiger partial charge in [0.15, 0.2) is 5.78 Å². The van der Waals surface area contributed by atoms with Crippen LogP contribution in [0.2, 0.25) is 0 Å². The van der Waals surface area contributed by atoms with Crippen molar-refractivity contribution in [1.82, 2.24) is 4.90 Å². The first-order valence-corrected chi connectivity index (χ1v) is 7.13. The number of ketones is 1. The van der Waals surface area contributed by atoms with E-state index >= 15 is 0 Å². The molecular formula is C16H20FNO2. The lowest BCUT2D eigenvalue weighted by Crippen LogP contribution is -2.32. The van der Waals surface area contributed by atoms with Gasteiger partial charge in [0.1, 0.15) is 5.82 Å². The highest BCUT2D eigenvalue weighted by Crippen LogP contribution is 2.22. The van der Waals surface area contributed by atoms with E-state index in [1.165, 1.54) is 6.07 Å². The van der Waals surface area contributed by atoms with Gasteiger partial charge in [-0.05, 0) is 24.0 Å². The molecule has 20 heavy (non-hydrogen) atoms. The number of nitrogens with zero attached hydrogens (tertiary/aromatic N) is 1. The van der Waals surface area contributed by atoms with E-state index in [2.05, 4.69) is 6.92 Å². The summed E-state index contributed by atoms with van der Waals surface area (Å²) in [6, 6.07) is 6.27. The molecule has 1 aliphatic rings. The molecule has 1 aliphatic heterocycles. The molecule has 1 heterocycles. The van der Waals surface area contributed by atoms with Crippen molar-refractivity contribution in [2.75, 3.05) is 13.1 Å². The third kappa shape index (κ3) is 3.65. The molecule has 1 aromatic carbocycles. The molecule has 1 fully saturated rings. The Kier molecular flexibility index (Phi) is 4.88. The predicted octanol–water partition coefficient (Wildman–Crippen LogP) is 2.59. The zero-order chi connectivity index (χ0) is 14.5. The molecule has 1 saturated heterocycles. The maximum atomic E-state index is 13.5. The summed E-state index contributed by atoms with van der Waals surface area (Å²) in [7, 11) is 0. The molecule has 1 aromatic rings. The van der Waals surface area contributed by atoms with Crippen LogP contribution in [0.5, 0.6) is 0 Å². The van der Waals surface area contributed by atoms with Crippen LogP contribution in [0.25, 0.3) is 0 Å². The zero-order valence-electron chi connectivity index (χ0n) is 11.8. The SMILES string of the molecule is CCCC1CC(=O)N(CC(=O)Cc2ccccc2F)C1. The predicted molar refractivity (Wildman–Crippen MR) is 74.7 cm³/mol. The van der Waals surface area contributed by atoms with Crippen LogP contribution in [-0.2, 0) is 16.0 Å². The van der Waals surface area contributed by atoms with Crippen LogP contribution in [-0.4, -0.2) is 29.7 Å². The Morgan fingerprint density at radius 3 is 2.85 bits per heavy atom. The van der Waals surface area contributed by atoms with Crippen molar-refractivity contribution < 1.29 is 14.0 Å². The molecule has 1 unspecified atom stereocenters. The summed E-state index contributed by atoms with van der Waals surface area (Å²) < 4.78 is 13.5. The van der Waals surface area contributed by atoms with Gasteiger partial charge in [0.2, 0.25) is 5.91 Å². The van der Waals surface area contributed by atoms with Gasteiger partial charge in [-0.15, -0.1) is 0 Å². The Hall–Kier alpha value is -1.71. The molecule has 108 valence electrons. The molecule has 0 radical (unpaired) electrons. The van der Waals surface area contributed by atoms with Gasteiger partial charge in [0.05, 0.1) is 6.54 Å². The number of likely N-dealkylation sites (tertiary alicyclic amines) is 1. The summed E-state index contributed by atoms with van der Waals surface area (Å²) in [6.07, 6.45) is 2.66. The number of Topliss-reactive ketones (excluding diaryl/α,β-unsaturated/α-hetero) is 1. The van der Waals surface area contributed by atoms with Crippen LogP contribution in [0, 0.1) is 11.7 Å². The number of amides is 1. The maximum absolute atomic E-state index is 13.5. The molecular weight excluding hydrogens is 257 g/mol. The number of hydrogen-bond acceptors (Lipinski definition) is 2. The van der Waals surface area contributed by atoms with Gasteiger partial charge < -0.3 is 4.90 Å². The molecule has 0 saturated carbocycles. The van der Waals surface area contributed by atoms with E-state index in [0.717, 1.165) is 12.8 Å². The highest BCUT2D eigenvalue weighted by atomic mass is 19.1. The number of halogens is 1. The van der Waals surface area contributed by atoms with Crippen LogP contribution in [0.1, 0.15) is 31.7 Å². The van der Waals surface area contributed by atoms with E-state index in [0.29, 0.717) is 24.4 Å². The third-order valence-corrected chi connectivity index (χ3v) is 3.70. The highest BCUT2D eigenvalue weighted by Gasteiger charge is 2.29. The Balaban J connectivity index is 1.89. The largest absolute Gasteiger partial charge is 0.335 e. The molecule has 0 N–H and O–H groups in total. The van der Waals surface area contributed by atoms with Gasteiger partial charge in [0.25, 0.3) is 0 Å². The van der Waals surface area contributed by atoms with Crippen molar-refractivity contribution in [2.45, 2.75) is 32.6 Å². The monoisotopic (exact) mass is 277 g/mol. The highest BCUT2D eigenvalue weighted by molar-refractivity contribution is 5.88. The first-order chi connectivity index (χ1) is 9.60. The van der Waals surface area contributed by atoms with Gasteiger partial charge >= 0.3 is 0 Å². The van der Waals surface area contributed by atoms with Crippen molar-refractivity contribution >= 4 is 11.7 Å². The second-order valence-electron chi connectivity index (χ2n) is 5.44. The van der Waals surface area contributed by atoms with Crippen molar-refractivity contribution in [3.63, 3.8) is 0 Å². The lowest BCUT2D eigenvalue weighted by molar-refractivity contribution is -0.132. The van der Waals surface area contributed by atoms with Crippen molar-refractivity contribution in [1.29, 1.82) is 0 Å². The second kappa shape index (κ2) is 6.64. The van der Waals surface area contributed by atoms with Gasteiger partial charge in [-0.3, -0.25) is 9.59 Å². The molecule has 0 aromatic heterocycles. The molecule has 2 rings (SSSR count). The minimum Gasteiger partial charge on any atom is -0.335 e. The van der Waals surface area contributed by atoms with E-state index in [1.807, 2.05) is 0 Å².